The van der Waals surface area contributed by atoms with E-state index in [0.29, 0.717) is 17.4 Å². The molecule has 0 spiro atoms. The third-order valence-electron chi connectivity index (χ3n) is 8.69. The number of aryl methyl sites for hydroxylation is 3. The first-order chi connectivity index (χ1) is 19.5. The number of tetrazole rings is 1. The van der Waals surface area contributed by atoms with Crippen molar-refractivity contribution < 1.29 is 17.6 Å². The van der Waals surface area contributed by atoms with Crippen LogP contribution in [0.3, 0.4) is 0 Å². The number of fused-ring (bicyclic) bond motifs is 1. The van der Waals surface area contributed by atoms with E-state index in [2.05, 4.69) is 53.2 Å². The molecular weight excluding hydrogens is 532 g/mol. The lowest BCUT2D eigenvalue weighted by Gasteiger charge is -2.36. The van der Waals surface area contributed by atoms with Crippen LogP contribution < -0.4 is 9.80 Å². The van der Waals surface area contributed by atoms with Crippen LogP contribution >= 0.6 is 0 Å². The lowest BCUT2D eigenvalue weighted by molar-refractivity contribution is -0.137. The molecule has 0 bridgehead atoms. The Balaban J connectivity index is 1.56. The predicted octanol–water partition coefficient (Wildman–Crippen LogP) is 7.49. The van der Waals surface area contributed by atoms with Gasteiger partial charge in [0.25, 0.3) is 5.95 Å². The Kier molecular flexibility index (Phi) is 8.57. The number of hydrogen-bond acceptors (Lipinski definition) is 5. The molecule has 1 aromatic heterocycles. The highest BCUT2D eigenvalue weighted by molar-refractivity contribution is 5.64. The molecule has 10 heteroatoms. The van der Waals surface area contributed by atoms with Crippen LogP contribution in [0.1, 0.15) is 84.9 Å². The Bertz CT molecular complexity index is 1340. The molecule has 2 aliphatic rings. The van der Waals surface area contributed by atoms with Crippen molar-refractivity contribution in [2.24, 2.45) is 18.9 Å². The fraction of sp³-hybridized carbons (Fsp3) is 0.581. The molecule has 1 aliphatic heterocycles. The largest absolute Gasteiger partial charge is 0.416 e. The zero-order valence-corrected chi connectivity index (χ0v) is 24.4. The monoisotopic (exact) mass is 572 g/mol. The first kappa shape index (κ1) is 29.3. The maximum Gasteiger partial charge on any atom is 0.416 e. The van der Waals surface area contributed by atoms with Gasteiger partial charge in [0.05, 0.1) is 18.7 Å². The van der Waals surface area contributed by atoms with Crippen LogP contribution in [0.2, 0.25) is 0 Å². The average Bonchev–Trinajstić information content (AvgIpc) is 3.27. The SMILES string of the molecule is Cc1cc(C)c2c(c1)[C@@H](N(Cc1cc(CF)cc(C(F)(F)F)c1)c1nnn(C)n1)CCCN2C[C@H]1CC[C@H](C)CC1. The number of halogens is 4. The fourth-order valence-electron chi connectivity index (χ4n) is 6.75. The summed E-state index contributed by atoms with van der Waals surface area (Å²) in [4.78, 5) is 5.85. The number of hydrogen-bond donors (Lipinski definition) is 0. The van der Waals surface area contributed by atoms with Crippen molar-refractivity contribution in [2.45, 2.75) is 84.7 Å². The second kappa shape index (κ2) is 12.0. The van der Waals surface area contributed by atoms with Crippen molar-refractivity contribution in [3.63, 3.8) is 0 Å². The molecule has 0 N–H and O–H groups in total. The van der Waals surface area contributed by atoms with Gasteiger partial charge >= 0.3 is 6.18 Å². The van der Waals surface area contributed by atoms with Gasteiger partial charge in [-0.05, 0) is 91.0 Å². The van der Waals surface area contributed by atoms with Crippen LogP contribution in [-0.4, -0.2) is 33.3 Å². The first-order valence-electron chi connectivity index (χ1n) is 14.6. The van der Waals surface area contributed by atoms with E-state index in [1.807, 2.05) is 4.90 Å². The molecule has 1 fully saturated rings. The second-order valence-electron chi connectivity index (χ2n) is 12.1. The van der Waals surface area contributed by atoms with Gasteiger partial charge < -0.3 is 9.80 Å². The molecule has 2 aromatic carbocycles. The molecule has 6 nitrogen and oxygen atoms in total. The number of anilines is 2. The molecule has 41 heavy (non-hydrogen) atoms. The highest BCUT2D eigenvalue weighted by Crippen LogP contribution is 2.42. The third-order valence-corrected chi connectivity index (χ3v) is 8.69. The lowest BCUT2D eigenvalue weighted by Crippen LogP contribution is -2.33. The summed E-state index contributed by atoms with van der Waals surface area (Å²) in [6.07, 6.45) is 2.13. The molecule has 2 heterocycles. The molecule has 1 aliphatic carbocycles. The van der Waals surface area contributed by atoms with E-state index < -0.39 is 18.4 Å². The standard InChI is InChI=1S/C31H40F4N6/c1-20-7-9-23(10-8-20)18-40-11-5-6-28(27-13-21(2)12-22(3)29(27)40)41(30-36-38-39(4)37-30)19-25-14-24(17-32)15-26(16-25)31(33,34)35/h12-16,20,23,28H,5-11,17-19H2,1-4H3/t20-,23-,28-/m0/s1. The van der Waals surface area contributed by atoms with Gasteiger partial charge in [-0.15, -0.1) is 5.10 Å². The number of nitrogens with zero attached hydrogens (tertiary/aromatic N) is 6. The van der Waals surface area contributed by atoms with Crippen LogP contribution in [-0.2, 0) is 26.4 Å². The van der Waals surface area contributed by atoms with Gasteiger partial charge in [0.2, 0.25) is 0 Å². The van der Waals surface area contributed by atoms with E-state index in [-0.39, 0.29) is 18.2 Å². The molecule has 3 aromatic rings. The summed E-state index contributed by atoms with van der Waals surface area (Å²) in [6, 6.07) is 7.73. The number of rotatable bonds is 7. The normalized spacial score (nSPS) is 21.5. The number of benzene rings is 2. The van der Waals surface area contributed by atoms with Crippen molar-refractivity contribution in [3.05, 3.63) is 63.7 Å². The second-order valence-corrected chi connectivity index (χ2v) is 12.1. The quantitative estimate of drug-likeness (QED) is 0.275. The van der Waals surface area contributed by atoms with Crippen molar-refractivity contribution >= 4 is 11.6 Å². The summed E-state index contributed by atoms with van der Waals surface area (Å²) < 4.78 is 54.8. The molecule has 0 unspecified atom stereocenters. The number of alkyl halides is 4. The molecule has 0 saturated heterocycles. The van der Waals surface area contributed by atoms with E-state index in [0.717, 1.165) is 55.1 Å². The molecular formula is C31H40F4N6. The van der Waals surface area contributed by atoms with Crippen molar-refractivity contribution in [2.75, 3.05) is 22.9 Å². The minimum absolute atomic E-state index is 0.00260. The molecule has 222 valence electrons. The summed E-state index contributed by atoms with van der Waals surface area (Å²) in [5, 5.41) is 12.8. The maximum absolute atomic E-state index is 13.7. The van der Waals surface area contributed by atoms with Gasteiger partial charge in [0.15, 0.2) is 0 Å². The van der Waals surface area contributed by atoms with Crippen molar-refractivity contribution in [1.82, 2.24) is 20.2 Å². The van der Waals surface area contributed by atoms with Gasteiger partial charge in [0.1, 0.15) is 6.67 Å². The summed E-state index contributed by atoms with van der Waals surface area (Å²) in [7, 11) is 1.67. The zero-order valence-electron chi connectivity index (χ0n) is 24.4. The van der Waals surface area contributed by atoms with Crippen LogP contribution in [0, 0.1) is 25.7 Å². The number of aromatic nitrogens is 4. The van der Waals surface area contributed by atoms with Crippen LogP contribution in [0.5, 0.6) is 0 Å². The predicted molar refractivity (Wildman–Crippen MR) is 152 cm³/mol. The maximum atomic E-state index is 13.7. The van der Waals surface area contributed by atoms with Crippen LogP contribution in [0.4, 0.5) is 29.2 Å². The van der Waals surface area contributed by atoms with Gasteiger partial charge in [-0.2, -0.15) is 18.0 Å². The van der Waals surface area contributed by atoms with Crippen LogP contribution in [0.25, 0.3) is 0 Å². The van der Waals surface area contributed by atoms with Crippen molar-refractivity contribution in [1.29, 1.82) is 0 Å². The van der Waals surface area contributed by atoms with Gasteiger partial charge in [-0.1, -0.05) is 48.6 Å². The molecule has 1 saturated carbocycles. The van der Waals surface area contributed by atoms with Crippen LogP contribution in [0.15, 0.2) is 30.3 Å². The average molecular weight is 573 g/mol. The van der Waals surface area contributed by atoms with Gasteiger partial charge in [-0.25, -0.2) is 4.39 Å². The Morgan fingerprint density at radius 1 is 0.976 bits per heavy atom. The summed E-state index contributed by atoms with van der Waals surface area (Å²) >= 11 is 0. The smallest absolute Gasteiger partial charge is 0.371 e. The van der Waals surface area contributed by atoms with Gasteiger partial charge in [0, 0.05) is 25.3 Å². The summed E-state index contributed by atoms with van der Waals surface area (Å²) in [5.74, 6) is 1.79. The third kappa shape index (κ3) is 6.67. The Labute approximate surface area is 239 Å². The van der Waals surface area contributed by atoms with E-state index in [9.17, 15) is 17.6 Å². The van der Waals surface area contributed by atoms with E-state index in [1.54, 1.807) is 7.05 Å². The summed E-state index contributed by atoms with van der Waals surface area (Å²) in [5.41, 5.74) is 4.18. The summed E-state index contributed by atoms with van der Waals surface area (Å²) in [6.45, 7) is 7.61. The fourth-order valence-corrected chi connectivity index (χ4v) is 6.75. The highest BCUT2D eigenvalue weighted by atomic mass is 19.4. The highest BCUT2D eigenvalue weighted by Gasteiger charge is 2.34. The van der Waals surface area contributed by atoms with Crippen molar-refractivity contribution in [3.8, 4) is 0 Å². The lowest BCUT2D eigenvalue weighted by atomic mass is 9.82. The zero-order chi connectivity index (χ0) is 29.3. The minimum Gasteiger partial charge on any atom is -0.371 e. The van der Waals surface area contributed by atoms with E-state index in [1.165, 1.54) is 47.8 Å². The Morgan fingerprint density at radius 3 is 2.37 bits per heavy atom. The van der Waals surface area contributed by atoms with E-state index in [4.69, 9.17) is 0 Å². The Hall–Kier alpha value is -3.17. The molecule has 1 atom stereocenters. The molecule has 5 rings (SSSR count). The van der Waals surface area contributed by atoms with E-state index >= 15 is 0 Å². The Morgan fingerprint density at radius 2 is 1.71 bits per heavy atom. The first-order valence-corrected chi connectivity index (χ1v) is 14.6. The molecule has 0 amide bonds. The van der Waals surface area contributed by atoms with Gasteiger partial charge in [-0.3, -0.25) is 0 Å². The topological polar surface area (TPSA) is 50.1 Å². The minimum atomic E-state index is -4.57. The molecule has 0 radical (unpaired) electrons.